The van der Waals surface area contributed by atoms with Crippen molar-refractivity contribution in [3.05, 3.63) is 47.3 Å². The summed E-state index contributed by atoms with van der Waals surface area (Å²) in [6.45, 7) is 1.68. The molecule has 1 saturated heterocycles. The fourth-order valence-corrected chi connectivity index (χ4v) is 4.00. The quantitative estimate of drug-likeness (QED) is 0.893. The highest BCUT2D eigenvalue weighted by Crippen LogP contribution is 2.32. The molecule has 144 valence electrons. The molecular formula is C19H24FN5O2. The molecule has 2 aromatic rings. The Bertz CT molecular complexity index is 824. The van der Waals surface area contributed by atoms with Gasteiger partial charge in [-0.25, -0.2) is 18.9 Å². The second-order valence-corrected chi connectivity index (χ2v) is 7.15. The highest BCUT2D eigenvalue weighted by Gasteiger charge is 2.32. The first-order valence-electron chi connectivity index (χ1n) is 9.38. The minimum Gasteiger partial charge on any atom is -0.377 e. The number of benzene rings is 1. The zero-order valence-electron chi connectivity index (χ0n) is 15.4. The van der Waals surface area contributed by atoms with E-state index in [1.807, 2.05) is 15.6 Å². The molecule has 1 aromatic heterocycles. The SMILES string of the molecule is COCc1nc2n(n1)CC(NC(=O)N1CCCC1c1cccc(F)c1)CC2. The number of rotatable bonds is 4. The van der Waals surface area contributed by atoms with E-state index < -0.39 is 0 Å². The van der Waals surface area contributed by atoms with E-state index in [0.717, 1.165) is 37.1 Å². The number of nitrogens with zero attached hydrogens (tertiary/aromatic N) is 4. The molecule has 1 aromatic carbocycles. The van der Waals surface area contributed by atoms with Gasteiger partial charge >= 0.3 is 6.03 Å². The summed E-state index contributed by atoms with van der Waals surface area (Å²) in [6.07, 6.45) is 3.38. The summed E-state index contributed by atoms with van der Waals surface area (Å²) in [5.41, 5.74) is 0.856. The lowest BCUT2D eigenvalue weighted by Gasteiger charge is -2.29. The minimum atomic E-state index is -0.266. The number of ether oxygens (including phenoxy) is 1. The maximum absolute atomic E-state index is 13.6. The van der Waals surface area contributed by atoms with Gasteiger partial charge in [-0.1, -0.05) is 12.1 Å². The van der Waals surface area contributed by atoms with Crippen LogP contribution in [0.1, 0.15) is 42.5 Å². The van der Waals surface area contributed by atoms with E-state index >= 15 is 0 Å². The monoisotopic (exact) mass is 373 g/mol. The van der Waals surface area contributed by atoms with E-state index in [0.29, 0.717) is 25.5 Å². The molecular weight excluding hydrogens is 349 g/mol. The Morgan fingerprint density at radius 1 is 1.41 bits per heavy atom. The summed E-state index contributed by atoms with van der Waals surface area (Å²) >= 11 is 0. The molecule has 0 bridgehead atoms. The molecule has 0 aliphatic carbocycles. The number of hydrogen-bond donors (Lipinski definition) is 1. The Morgan fingerprint density at radius 3 is 3.11 bits per heavy atom. The summed E-state index contributed by atoms with van der Waals surface area (Å²) in [6, 6.07) is 6.39. The van der Waals surface area contributed by atoms with Crippen molar-refractivity contribution in [3.63, 3.8) is 0 Å². The van der Waals surface area contributed by atoms with Gasteiger partial charge in [-0.2, -0.15) is 5.10 Å². The van der Waals surface area contributed by atoms with Crippen molar-refractivity contribution >= 4 is 6.03 Å². The van der Waals surface area contributed by atoms with Gasteiger partial charge in [0.05, 0.1) is 18.6 Å². The van der Waals surface area contributed by atoms with Crippen LogP contribution in [0.25, 0.3) is 0 Å². The van der Waals surface area contributed by atoms with Crippen molar-refractivity contribution in [2.45, 2.75) is 50.9 Å². The Kier molecular flexibility index (Phi) is 5.07. The van der Waals surface area contributed by atoms with Gasteiger partial charge in [0.25, 0.3) is 0 Å². The number of methoxy groups -OCH3 is 1. The average Bonchev–Trinajstić information content (AvgIpc) is 3.28. The molecule has 2 atom stereocenters. The Balaban J connectivity index is 1.41. The zero-order valence-corrected chi connectivity index (χ0v) is 15.4. The fourth-order valence-electron chi connectivity index (χ4n) is 4.00. The van der Waals surface area contributed by atoms with Crippen LogP contribution in [0.15, 0.2) is 24.3 Å². The van der Waals surface area contributed by atoms with Crippen molar-refractivity contribution in [2.75, 3.05) is 13.7 Å². The average molecular weight is 373 g/mol. The molecule has 1 fully saturated rings. The van der Waals surface area contributed by atoms with E-state index in [1.54, 1.807) is 13.2 Å². The predicted molar refractivity (Wildman–Crippen MR) is 96.5 cm³/mol. The number of amides is 2. The van der Waals surface area contributed by atoms with Crippen LogP contribution in [0.5, 0.6) is 0 Å². The first-order chi connectivity index (χ1) is 13.1. The highest BCUT2D eigenvalue weighted by atomic mass is 19.1. The molecule has 2 aliphatic heterocycles. The summed E-state index contributed by atoms with van der Waals surface area (Å²) in [4.78, 5) is 19.1. The van der Waals surface area contributed by atoms with Crippen LogP contribution in [0.4, 0.5) is 9.18 Å². The lowest BCUT2D eigenvalue weighted by atomic mass is 10.0. The number of aryl methyl sites for hydroxylation is 1. The molecule has 0 saturated carbocycles. The number of hydrogen-bond acceptors (Lipinski definition) is 4. The van der Waals surface area contributed by atoms with E-state index in [4.69, 9.17) is 4.74 Å². The number of carbonyl (C=O) groups excluding carboxylic acids is 1. The molecule has 8 heteroatoms. The predicted octanol–water partition coefficient (Wildman–Crippen LogP) is 2.43. The third-order valence-electron chi connectivity index (χ3n) is 5.25. The zero-order chi connectivity index (χ0) is 18.8. The van der Waals surface area contributed by atoms with Crippen LogP contribution >= 0.6 is 0 Å². The minimum absolute atomic E-state index is 0.0101. The molecule has 2 unspecified atom stereocenters. The molecule has 2 amide bonds. The topological polar surface area (TPSA) is 72.3 Å². The molecule has 7 nitrogen and oxygen atoms in total. The van der Waals surface area contributed by atoms with Crippen molar-refractivity contribution in [3.8, 4) is 0 Å². The maximum Gasteiger partial charge on any atom is 0.318 e. The number of urea groups is 1. The first kappa shape index (κ1) is 17.9. The van der Waals surface area contributed by atoms with Gasteiger partial charge in [0.2, 0.25) is 0 Å². The highest BCUT2D eigenvalue weighted by molar-refractivity contribution is 5.75. The van der Waals surface area contributed by atoms with Crippen LogP contribution in [0.3, 0.4) is 0 Å². The molecule has 4 rings (SSSR count). The summed E-state index contributed by atoms with van der Waals surface area (Å²) in [7, 11) is 1.62. The Labute approximate surface area is 157 Å². The lowest BCUT2D eigenvalue weighted by Crippen LogP contribution is -2.47. The molecule has 0 radical (unpaired) electrons. The van der Waals surface area contributed by atoms with Gasteiger partial charge in [0.15, 0.2) is 5.82 Å². The smallest absolute Gasteiger partial charge is 0.318 e. The molecule has 27 heavy (non-hydrogen) atoms. The molecule has 1 N–H and O–H groups in total. The van der Waals surface area contributed by atoms with Crippen molar-refractivity contribution in [2.24, 2.45) is 0 Å². The van der Waals surface area contributed by atoms with Gasteiger partial charge in [-0.15, -0.1) is 0 Å². The number of fused-ring (bicyclic) bond motifs is 1. The van der Waals surface area contributed by atoms with E-state index in [2.05, 4.69) is 15.4 Å². The normalized spacial score (nSPS) is 21.9. The van der Waals surface area contributed by atoms with E-state index in [1.165, 1.54) is 12.1 Å². The third-order valence-corrected chi connectivity index (χ3v) is 5.25. The first-order valence-corrected chi connectivity index (χ1v) is 9.38. The second kappa shape index (κ2) is 7.64. The van der Waals surface area contributed by atoms with Gasteiger partial charge in [-0.3, -0.25) is 0 Å². The number of nitrogens with one attached hydrogen (secondary N) is 1. The summed E-state index contributed by atoms with van der Waals surface area (Å²) in [5.74, 6) is 1.34. The fraction of sp³-hybridized carbons (Fsp3) is 0.526. The van der Waals surface area contributed by atoms with Gasteiger partial charge in [0.1, 0.15) is 18.2 Å². The van der Waals surface area contributed by atoms with Crippen LogP contribution < -0.4 is 5.32 Å². The van der Waals surface area contributed by atoms with Gasteiger partial charge in [-0.05, 0) is 37.0 Å². The maximum atomic E-state index is 13.6. The van der Waals surface area contributed by atoms with Gasteiger partial charge in [0, 0.05) is 20.1 Å². The third kappa shape index (κ3) is 3.80. The van der Waals surface area contributed by atoms with Gasteiger partial charge < -0.3 is 15.0 Å². The van der Waals surface area contributed by atoms with Crippen LogP contribution in [-0.4, -0.2) is 45.4 Å². The second-order valence-electron chi connectivity index (χ2n) is 7.15. The van der Waals surface area contributed by atoms with Crippen molar-refractivity contribution < 1.29 is 13.9 Å². The lowest BCUT2D eigenvalue weighted by molar-refractivity contribution is 0.177. The summed E-state index contributed by atoms with van der Waals surface area (Å²) in [5, 5.41) is 7.57. The molecule has 0 spiro atoms. The Morgan fingerprint density at radius 2 is 2.30 bits per heavy atom. The van der Waals surface area contributed by atoms with E-state index in [-0.39, 0.29) is 23.9 Å². The van der Waals surface area contributed by atoms with Crippen LogP contribution in [0.2, 0.25) is 0 Å². The van der Waals surface area contributed by atoms with Crippen LogP contribution in [-0.2, 0) is 24.3 Å². The standard InChI is InChI=1S/C19H24FN5O2/c1-27-12-17-22-18-8-7-15(11-25(18)23-17)21-19(26)24-9-3-6-16(24)13-4-2-5-14(20)10-13/h2,4-5,10,15-16H,3,6-9,11-12H2,1H3,(H,21,26). The number of halogens is 1. The van der Waals surface area contributed by atoms with Crippen molar-refractivity contribution in [1.29, 1.82) is 0 Å². The van der Waals surface area contributed by atoms with E-state index in [9.17, 15) is 9.18 Å². The van der Waals surface area contributed by atoms with Crippen molar-refractivity contribution in [1.82, 2.24) is 25.0 Å². The number of likely N-dealkylation sites (tertiary alicyclic amines) is 1. The number of aromatic nitrogens is 3. The Hall–Kier alpha value is -2.48. The molecule has 3 heterocycles. The molecule has 2 aliphatic rings. The van der Waals surface area contributed by atoms with Crippen LogP contribution in [0, 0.1) is 5.82 Å². The summed E-state index contributed by atoms with van der Waals surface area (Å²) < 4.78 is 20.5. The number of carbonyl (C=O) groups is 1. The largest absolute Gasteiger partial charge is 0.377 e.